The molecule has 20 heavy (non-hydrogen) atoms. The van der Waals surface area contributed by atoms with Gasteiger partial charge in [-0.15, -0.1) is 0 Å². The maximum atomic E-state index is 11.7. The van der Waals surface area contributed by atoms with Crippen molar-refractivity contribution < 1.29 is 18.4 Å². The number of ether oxygens (including phenoxy) is 1. The van der Waals surface area contributed by atoms with Crippen LogP contribution in [0.15, 0.2) is 38.1 Å². The number of nitriles is 1. The summed E-state index contributed by atoms with van der Waals surface area (Å²) in [6.45, 7) is 1.91. The highest BCUT2D eigenvalue weighted by Crippen LogP contribution is 2.21. The topological polar surface area (TPSA) is 93.4 Å². The van der Waals surface area contributed by atoms with E-state index in [0.29, 0.717) is 5.76 Å². The fourth-order valence-electron chi connectivity index (χ4n) is 1.71. The van der Waals surface area contributed by atoms with E-state index in [-0.39, 0.29) is 29.9 Å². The molecule has 0 fully saturated rings. The van der Waals surface area contributed by atoms with Crippen molar-refractivity contribution in [3.63, 3.8) is 0 Å². The Kier molecular flexibility index (Phi) is 4.01. The number of hydrogen-bond donors (Lipinski definition) is 0. The van der Waals surface area contributed by atoms with Gasteiger partial charge in [-0.3, -0.25) is 4.79 Å². The summed E-state index contributed by atoms with van der Waals surface area (Å²) in [5.74, 6) is -0.00464. The number of furan rings is 1. The summed E-state index contributed by atoms with van der Waals surface area (Å²) in [5.41, 5.74) is -0.748. The largest absolute Gasteiger partial charge is 0.466 e. The molecule has 6 nitrogen and oxygen atoms in total. The van der Waals surface area contributed by atoms with Crippen LogP contribution in [0.4, 0.5) is 0 Å². The first-order valence-corrected chi connectivity index (χ1v) is 5.92. The summed E-state index contributed by atoms with van der Waals surface area (Å²) in [5, 5.41) is 8.98. The lowest BCUT2D eigenvalue weighted by molar-refractivity contribution is -0.142. The highest BCUT2D eigenvalue weighted by atomic mass is 16.5. The third-order valence-corrected chi connectivity index (χ3v) is 2.55. The standard InChI is InChI=1S/C14H11NO5/c1-2-18-13(16)7-9-6-12(11-4-3-5-19-11)20-14(17)10(9)8-15/h3-6H,2,7H2,1H3. The van der Waals surface area contributed by atoms with E-state index >= 15 is 0 Å². The van der Waals surface area contributed by atoms with Crippen LogP contribution in [0.25, 0.3) is 11.5 Å². The van der Waals surface area contributed by atoms with Gasteiger partial charge in [-0.05, 0) is 30.7 Å². The second-order valence-corrected chi connectivity index (χ2v) is 3.87. The molecule has 0 aliphatic heterocycles. The van der Waals surface area contributed by atoms with Crippen molar-refractivity contribution in [1.82, 2.24) is 0 Å². The first kappa shape index (κ1) is 13.6. The smallest absolute Gasteiger partial charge is 0.354 e. The van der Waals surface area contributed by atoms with Gasteiger partial charge in [0.05, 0.1) is 19.3 Å². The molecule has 0 radical (unpaired) electrons. The molecule has 0 N–H and O–H groups in total. The van der Waals surface area contributed by atoms with E-state index < -0.39 is 11.6 Å². The molecule has 2 aromatic rings. The average Bonchev–Trinajstić information content (AvgIpc) is 2.92. The normalized spacial score (nSPS) is 10.0. The molecular weight excluding hydrogens is 262 g/mol. The van der Waals surface area contributed by atoms with Crippen LogP contribution in [-0.2, 0) is 16.0 Å². The molecule has 0 aromatic carbocycles. The van der Waals surface area contributed by atoms with Crippen LogP contribution in [0.3, 0.4) is 0 Å². The zero-order valence-electron chi connectivity index (χ0n) is 10.7. The van der Waals surface area contributed by atoms with E-state index in [1.54, 1.807) is 25.1 Å². The molecule has 0 aliphatic rings. The zero-order chi connectivity index (χ0) is 14.5. The molecule has 0 aliphatic carbocycles. The van der Waals surface area contributed by atoms with Crippen molar-refractivity contribution in [3.8, 4) is 17.6 Å². The molecule has 0 unspecified atom stereocenters. The maximum absolute atomic E-state index is 11.7. The number of carbonyl (C=O) groups is 1. The molecule has 0 saturated carbocycles. The minimum atomic E-state index is -0.805. The van der Waals surface area contributed by atoms with Crippen LogP contribution < -0.4 is 5.63 Å². The predicted octanol–water partition coefficient (Wildman–Crippen LogP) is 1.88. The van der Waals surface area contributed by atoms with Crippen LogP contribution in [0.1, 0.15) is 18.1 Å². The first-order valence-electron chi connectivity index (χ1n) is 5.92. The van der Waals surface area contributed by atoms with Gasteiger partial charge >= 0.3 is 11.6 Å². The quantitative estimate of drug-likeness (QED) is 0.789. The minimum absolute atomic E-state index is 0.165. The highest BCUT2D eigenvalue weighted by Gasteiger charge is 2.17. The molecule has 0 amide bonds. The molecule has 0 bridgehead atoms. The van der Waals surface area contributed by atoms with E-state index in [4.69, 9.17) is 18.8 Å². The molecule has 0 atom stereocenters. The molecule has 2 aromatic heterocycles. The van der Waals surface area contributed by atoms with E-state index in [1.807, 2.05) is 0 Å². The van der Waals surface area contributed by atoms with Crippen molar-refractivity contribution >= 4 is 5.97 Å². The number of rotatable bonds is 4. The van der Waals surface area contributed by atoms with Crippen LogP contribution >= 0.6 is 0 Å². The summed E-state index contributed by atoms with van der Waals surface area (Å²) >= 11 is 0. The molecule has 2 heterocycles. The Morgan fingerprint density at radius 1 is 1.45 bits per heavy atom. The summed E-state index contributed by atoms with van der Waals surface area (Å²) in [6, 6.07) is 6.43. The molecule has 0 saturated heterocycles. The summed E-state index contributed by atoms with van der Waals surface area (Å²) in [6.07, 6.45) is 1.26. The third-order valence-electron chi connectivity index (χ3n) is 2.55. The molecule has 2 rings (SSSR count). The first-order chi connectivity index (χ1) is 9.65. The fourth-order valence-corrected chi connectivity index (χ4v) is 1.71. The summed E-state index contributed by atoms with van der Waals surface area (Å²) in [7, 11) is 0. The Balaban J connectivity index is 2.46. The van der Waals surface area contributed by atoms with Crippen molar-refractivity contribution in [1.29, 1.82) is 5.26 Å². The fraction of sp³-hybridized carbons (Fsp3) is 0.214. The molecule has 6 heteroatoms. The lowest BCUT2D eigenvalue weighted by Gasteiger charge is -2.04. The lowest BCUT2D eigenvalue weighted by Crippen LogP contribution is -2.14. The highest BCUT2D eigenvalue weighted by molar-refractivity contribution is 5.74. The SMILES string of the molecule is CCOC(=O)Cc1cc(-c2ccco2)oc(=O)c1C#N. The van der Waals surface area contributed by atoms with Gasteiger partial charge in [0, 0.05) is 0 Å². The number of esters is 1. The van der Waals surface area contributed by atoms with Gasteiger partial charge in [-0.2, -0.15) is 5.26 Å². The maximum Gasteiger partial charge on any atom is 0.354 e. The number of hydrogen-bond acceptors (Lipinski definition) is 6. The van der Waals surface area contributed by atoms with E-state index in [0.717, 1.165) is 0 Å². The summed E-state index contributed by atoms with van der Waals surface area (Å²) < 4.78 is 14.9. The Morgan fingerprint density at radius 2 is 2.25 bits per heavy atom. The van der Waals surface area contributed by atoms with Gasteiger partial charge in [-0.1, -0.05) is 0 Å². The van der Waals surface area contributed by atoms with Gasteiger partial charge in [0.15, 0.2) is 11.5 Å². The van der Waals surface area contributed by atoms with Crippen molar-refractivity contribution in [3.05, 3.63) is 46.0 Å². The van der Waals surface area contributed by atoms with Crippen molar-refractivity contribution in [2.24, 2.45) is 0 Å². The number of nitrogens with zero attached hydrogens (tertiary/aromatic N) is 1. The lowest BCUT2D eigenvalue weighted by atomic mass is 10.1. The predicted molar refractivity (Wildman–Crippen MR) is 67.7 cm³/mol. The van der Waals surface area contributed by atoms with Crippen LogP contribution in [0, 0.1) is 11.3 Å². The molecular formula is C14H11NO5. The van der Waals surface area contributed by atoms with Crippen LogP contribution in [0.2, 0.25) is 0 Å². The van der Waals surface area contributed by atoms with E-state index in [9.17, 15) is 9.59 Å². The van der Waals surface area contributed by atoms with E-state index in [1.165, 1.54) is 12.3 Å². The van der Waals surface area contributed by atoms with Gasteiger partial charge in [-0.25, -0.2) is 4.79 Å². The van der Waals surface area contributed by atoms with Crippen LogP contribution in [-0.4, -0.2) is 12.6 Å². The number of carbonyl (C=O) groups excluding carboxylic acids is 1. The van der Waals surface area contributed by atoms with Crippen molar-refractivity contribution in [2.75, 3.05) is 6.61 Å². The third kappa shape index (κ3) is 2.78. The Labute approximate surface area is 114 Å². The monoisotopic (exact) mass is 273 g/mol. The van der Waals surface area contributed by atoms with Crippen molar-refractivity contribution in [2.45, 2.75) is 13.3 Å². The summed E-state index contributed by atoms with van der Waals surface area (Å²) in [4.78, 5) is 23.2. The van der Waals surface area contributed by atoms with Gasteiger partial charge in [0.2, 0.25) is 0 Å². The zero-order valence-corrected chi connectivity index (χ0v) is 10.7. The molecule has 0 spiro atoms. The Bertz CT molecular complexity index is 706. The Morgan fingerprint density at radius 3 is 2.85 bits per heavy atom. The molecule has 102 valence electrons. The van der Waals surface area contributed by atoms with Gasteiger partial charge in [0.1, 0.15) is 11.6 Å². The minimum Gasteiger partial charge on any atom is -0.466 e. The van der Waals surface area contributed by atoms with Gasteiger partial charge < -0.3 is 13.6 Å². The van der Waals surface area contributed by atoms with Gasteiger partial charge in [0.25, 0.3) is 0 Å². The van der Waals surface area contributed by atoms with Crippen LogP contribution in [0.5, 0.6) is 0 Å². The second-order valence-electron chi connectivity index (χ2n) is 3.87. The average molecular weight is 273 g/mol. The second kappa shape index (κ2) is 5.89. The Hall–Kier alpha value is -2.81. The van der Waals surface area contributed by atoms with E-state index in [2.05, 4.69) is 0 Å².